The number of hydrogen-bond donors (Lipinski definition) is 1. The van der Waals surface area contributed by atoms with Gasteiger partial charge in [-0.25, -0.2) is 0 Å². The van der Waals surface area contributed by atoms with E-state index in [1.165, 1.54) is 11.1 Å². The van der Waals surface area contributed by atoms with Crippen molar-refractivity contribution in [3.8, 4) is 5.75 Å². The summed E-state index contributed by atoms with van der Waals surface area (Å²) in [6.45, 7) is 7.76. The number of benzene rings is 1. The molecule has 1 heterocycles. The highest BCUT2D eigenvalue weighted by Gasteiger charge is 2.05. The molecule has 20 heavy (non-hydrogen) atoms. The summed E-state index contributed by atoms with van der Waals surface area (Å²) in [6.07, 6.45) is 3.60. The number of aromatic nitrogens is 1. The molecule has 3 heteroatoms. The van der Waals surface area contributed by atoms with Gasteiger partial charge in [0.15, 0.2) is 0 Å². The maximum absolute atomic E-state index is 5.93. The van der Waals surface area contributed by atoms with Gasteiger partial charge in [0, 0.05) is 36.1 Å². The van der Waals surface area contributed by atoms with E-state index in [2.05, 4.69) is 43.2 Å². The van der Waals surface area contributed by atoms with Crippen LogP contribution in [0.25, 0.3) is 0 Å². The van der Waals surface area contributed by atoms with E-state index in [1.54, 1.807) is 6.20 Å². The first-order valence-corrected chi connectivity index (χ1v) is 7.00. The predicted molar refractivity (Wildman–Crippen MR) is 81.7 cm³/mol. The lowest BCUT2D eigenvalue weighted by Crippen LogP contribution is -2.22. The topological polar surface area (TPSA) is 34.1 Å². The molecule has 0 aliphatic heterocycles. The molecule has 0 spiro atoms. The molecular formula is C17H22N2O. The molecule has 0 amide bonds. The van der Waals surface area contributed by atoms with E-state index in [4.69, 9.17) is 4.74 Å². The minimum Gasteiger partial charge on any atom is -0.489 e. The quantitative estimate of drug-likeness (QED) is 0.872. The summed E-state index contributed by atoms with van der Waals surface area (Å²) in [7, 11) is 0. The second-order valence-electron chi connectivity index (χ2n) is 5.30. The van der Waals surface area contributed by atoms with E-state index >= 15 is 0 Å². The molecule has 2 rings (SSSR count). The summed E-state index contributed by atoms with van der Waals surface area (Å²) in [4.78, 5) is 4.10. The number of pyridine rings is 1. The van der Waals surface area contributed by atoms with Crippen LogP contribution in [-0.4, -0.2) is 11.0 Å². The zero-order valence-corrected chi connectivity index (χ0v) is 12.4. The predicted octanol–water partition coefficient (Wildman–Crippen LogP) is 3.47. The normalized spacial score (nSPS) is 10.8. The van der Waals surface area contributed by atoms with Crippen LogP contribution in [0.15, 0.2) is 42.7 Å². The highest BCUT2D eigenvalue weighted by atomic mass is 16.5. The maximum atomic E-state index is 5.93. The van der Waals surface area contributed by atoms with E-state index in [0.29, 0.717) is 12.6 Å². The Morgan fingerprint density at radius 2 is 2.10 bits per heavy atom. The van der Waals surface area contributed by atoms with Crippen LogP contribution in [0.5, 0.6) is 5.75 Å². The van der Waals surface area contributed by atoms with Crippen molar-refractivity contribution in [1.29, 1.82) is 0 Å². The first-order valence-electron chi connectivity index (χ1n) is 7.00. The van der Waals surface area contributed by atoms with Gasteiger partial charge in [0.25, 0.3) is 0 Å². The third-order valence-electron chi connectivity index (χ3n) is 3.03. The fraction of sp³-hybridized carbons (Fsp3) is 0.353. The Balaban J connectivity index is 2.06. The average molecular weight is 270 g/mol. The highest BCUT2D eigenvalue weighted by molar-refractivity contribution is 5.37. The fourth-order valence-electron chi connectivity index (χ4n) is 1.95. The lowest BCUT2D eigenvalue weighted by atomic mass is 10.1. The van der Waals surface area contributed by atoms with Crippen LogP contribution in [0.4, 0.5) is 0 Å². The third-order valence-corrected chi connectivity index (χ3v) is 3.03. The second kappa shape index (κ2) is 7.06. The molecule has 0 aliphatic rings. The monoisotopic (exact) mass is 270 g/mol. The van der Waals surface area contributed by atoms with Crippen molar-refractivity contribution in [3.05, 3.63) is 59.4 Å². The molecule has 3 nitrogen and oxygen atoms in total. The first-order chi connectivity index (χ1) is 9.65. The molecule has 1 aromatic carbocycles. The average Bonchev–Trinajstić information content (AvgIpc) is 2.45. The van der Waals surface area contributed by atoms with Crippen LogP contribution in [-0.2, 0) is 13.2 Å². The second-order valence-corrected chi connectivity index (χ2v) is 5.30. The first kappa shape index (κ1) is 14.5. The van der Waals surface area contributed by atoms with Crippen LogP contribution in [0.2, 0.25) is 0 Å². The molecule has 0 saturated carbocycles. The van der Waals surface area contributed by atoms with Crippen LogP contribution in [0.1, 0.15) is 30.5 Å². The zero-order valence-electron chi connectivity index (χ0n) is 12.4. The number of rotatable bonds is 6. The van der Waals surface area contributed by atoms with E-state index in [-0.39, 0.29) is 0 Å². The molecule has 0 saturated heterocycles. The molecule has 0 aliphatic carbocycles. The molecule has 0 atom stereocenters. The van der Waals surface area contributed by atoms with Crippen molar-refractivity contribution in [2.45, 2.75) is 40.0 Å². The molecule has 2 aromatic rings. The van der Waals surface area contributed by atoms with E-state index in [9.17, 15) is 0 Å². The van der Waals surface area contributed by atoms with Gasteiger partial charge in [-0.15, -0.1) is 0 Å². The standard InChI is InChI=1S/C17H22N2O/c1-13(2)19-11-16-9-14(3)6-7-17(16)20-12-15-5-4-8-18-10-15/h4-10,13,19H,11-12H2,1-3H3. The molecule has 1 N–H and O–H groups in total. The van der Waals surface area contributed by atoms with Gasteiger partial charge in [0.2, 0.25) is 0 Å². The number of hydrogen-bond acceptors (Lipinski definition) is 3. The largest absolute Gasteiger partial charge is 0.489 e. The fourth-order valence-corrected chi connectivity index (χ4v) is 1.95. The Kier molecular flexibility index (Phi) is 5.13. The Morgan fingerprint density at radius 3 is 2.80 bits per heavy atom. The van der Waals surface area contributed by atoms with Gasteiger partial charge >= 0.3 is 0 Å². The van der Waals surface area contributed by atoms with Gasteiger partial charge < -0.3 is 10.1 Å². The molecule has 1 aromatic heterocycles. The van der Waals surface area contributed by atoms with Crippen molar-refractivity contribution >= 4 is 0 Å². The van der Waals surface area contributed by atoms with E-state index < -0.39 is 0 Å². The van der Waals surface area contributed by atoms with Crippen LogP contribution >= 0.6 is 0 Å². The molecular weight excluding hydrogens is 248 g/mol. The van der Waals surface area contributed by atoms with Crippen LogP contribution < -0.4 is 10.1 Å². The lowest BCUT2D eigenvalue weighted by Gasteiger charge is -2.14. The Morgan fingerprint density at radius 1 is 1.25 bits per heavy atom. The van der Waals surface area contributed by atoms with E-state index in [1.807, 2.05) is 24.4 Å². The Bertz CT molecular complexity index is 538. The van der Waals surface area contributed by atoms with Gasteiger partial charge in [-0.05, 0) is 19.1 Å². The summed E-state index contributed by atoms with van der Waals surface area (Å²) in [5.41, 5.74) is 3.53. The van der Waals surface area contributed by atoms with Crippen molar-refractivity contribution < 1.29 is 4.74 Å². The van der Waals surface area contributed by atoms with Gasteiger partial charge in [-0.1, -0.05) is 37.6 Å². The zero-order chi connectivity index (χ0) is 14.4. The van der Waals surface area contributed by atoms with Crippen molar-refractivity contribution in [3.63, 3.8) is 0 Å². The summed E-state index contributed by atoms with van der Waals surface area (Å²) < 4.78 is 5.93. The Hall–Kier alpha value is -1.87. The smallest absolute Gasteiger partial charge is 0.124 e. The lowest BCUT2D eigenvalue weighted by molar-refractivity contribution is 0.301. The van der Waals surface area contributed by atoms with Crippen molar-refractivity contribution in [2.75, 3.05) is 0 Å². The van der Waals surface area contributed by atoms with Gasteiger partial charge in [0.1, 0.15) is 12.4 Å². The van der Waals surface area contributed by atoms with E-state index in [0.717, 1.165) is 17.9 Å². The van der Waals surface area contributed by atoms with Crippen molar-refractivity contribution in [2.24, 2.45) is 0 Å². The maximum Gasteiger partial charge on any atom is 0.124 e. The molecule has 0 radical (unpaired) electrons. The number of nitrogens with one attached hydrogen (secondary N) is 1. The minimum atomic E-state index is 0.460. The number of nitrogens with zero attached hydrogens (tertiary/aromatic N) is 1. The molecule has 106 valence electrons. The minimum absolute atomic E-state index is 0.460. The third kappa shape index (κ3) is 4.35. The van der Waals surface area contributed by atoms with Crippen LogP contribution in [0.3, 0.4) is 0 Å². The Labute approximate surface area is 121 Å². The summed E-state index contributed by atoms with van der Waals surface area (Å²) in [5.74, 6) is 0.938. The summed E-state index contributed by atoms with van der Waals surface area (Å²) >= 11 is 0. The number of aryl methyl sites for hydroxylation is 1. The molecule has 0 unspecified atom stereocenters. The number of ether oxygens (including phenoxy) is 1. The summed E-state index contributed by atoms with van der Waals surface area (Å²) in [5, 5.41) is 3.44. The van der Waals surface area contributed by atoms with Gasteiger partial charge in [-0.3, -0.25) is 4.98 Å². The molecule has 0 bridgehead atoms. The highest BCUT2D eigenvalue weighted by Crippen LogP contribution is 2.21. The van der Waals surface area contributed by atoms with Gasteiger partial charge in [-0.2, -0.15) is 0 Å². The van der Waals surface area contributed by atoms with Gasteiger partial charge in [0.05, 0.1) is 0 Å². The SMILES string of the molecule is Cc1ccc(OCc2cccnc2)c(CNC(C)C)c1. The van der Waals surface area contributed by atoms with Crippen molar-refractivity contribution in [1.82, 2.24) is 10.3 Å². The molecule has 0 fully saturated rings. The summed E-state index contributed by atoms with van der Waals surface area (Å²) in [6, 6.07) is 10.7. The van der Waals surface area contributed by atoms with Crippen LogP contribution in [0, 0.1) is 6.92 Å².